The Balaban J connectivity index is 1.50. The first-order chi connectivity index (χ1) is 22.2. The van der Waals surface area contributed by atoms with Crippen molar-refractivity contribution in [3.63, 3.8) is 0 Å². The lowest BCUT2D eigenvalue weighted by Crippen LogP contribution is -2.48. The fourth-order valence-electron chi connectivity index (χ4n) is 5.40. The molecule has 0 aliphatic rings. The van der Waals surface area contributed by atoms with Crippen LogP contribution in [0.1, 0.15) is 64.1 Å². The highest BCUT2D eigenvalue weighted by atomic mass is 19.1. The van der Waals surface area contributed by atoms with Crippen molar-refractivity contribution in [2.24, 2.45) is 0 Å². The largest absolute Gasteiger partial charge is 0.390 e. The first-order valence-corrected chi connectivity index (χ1v) is 15.6. The second-order valence-electron chi connectivity index (χ2n) is 11.4. The molecule has 0 spiro atoms. The monoisotopic (exact) mass is 629 g/mol. The summed E-state index contributed by atoms with van der Waals surface area (Å²) in [5.74, 6) is -2.15. The number of carbonyl (C=O) groups excluding carboxylic acids is 2. The summed E-state index contributed by atoms with van der Waals surface area (Å²) < 4.78 is 28.1. The number of hydrogen-bond donors (Lipinski definition) is 3. The van der Waals surface area contributed by atoms with E-state index in [1.54, 1.807) is 29.3 Å². The average Bonchev–Trinajstić information content (AvgIpc) is 3.03. The van der Waals surface area contributed by atoms with Gasteiger partial charge in [0.25, 0.3) is 11.8 Å². The summed E-state index contributed by atoms with van der Waals surface area (Å²) in [7, 11) is 0. The lowest BCUT2D eigenvalue weighted by atomic mass is 9.99. The van der Waals surface area contributed by atoms with Crippen LogP contribution < -0.4 is 10.6 Å². The van der Waals surface area contributed by atoms with E-state index in [-0.39, 0.29) is 30.0 Å². The molecule has 0 radical (unpaired) electrons. The van der Waals surface area contributed by atoms with Crippen LogP contribution in [0, 0.1) is 18.6 Å². The molecule has 0 fully saturated rings. The topological polar surface area (TPSA) is 107 Å². The highest BCUT2D eigenvalue weighted by molar-refractivity contribution is 6.00. The Labute approximate surface area is 268 Å². The number of aryl methyl sites for hydroxylation is 1. The molecule has 1 aromatic heterocycles. The second kappa shape index (κ2) is 16.7. The van der Waals surface area contributed by atoms with E-state index < -0.39 is 29.7 Å². The van der Waals surface area contributed by atoms with Crippen molar-refractivity contribution in [1.82, 2.24) is 25.5 Å². The number of amides is 2. The number of aliphatic hydroxyl groups excluding tert-OH is 1. The summed E-state index contributed by atoms with van der Waals surface area (Å²) in [4.78, 5) is 36.9. The number of halogens is 2. The first kappa shape index (κ1) is 34.3. The van der Waals surface area contributed by atoms with E-state index >= 15 is 0 Å². The number of rotatable bonds is 15. The molecular formula is C36H41F2N5O3. The van der Waals surface area contributed by atoms with Gasteiger partial charge >= 0.3 is 0 Å². The Morgan fingerprint density at radius 2 is 1.63 bits per heavy atom. The van der Waals surface area contributed by atoms with Crippen LogP contribution in [-0.2, 0) is 13.0 Å². The Kier molecular flexibility index (Phi) is 12.4. The molecule has 0 aliphatic carbocycles. The predicted molar refractivity (Wildman–Crippen MR) is 174 cm³/mol. The number of nitrogens with one attached hydrogen (secondary N) is 2. The fraction of sp³-hybridized carbons (Fsp3) is 0.333. The summed E-state index contributed by atoms with van der Waals surface area (Å²) in [5, 5.41) is 17.3. The minimum Gasteiger partial charge on any atom is -0.390 e. The van der Waals surface area contributed by atoms with Gasteiger partial charge in [-0.1, -0.05) is 32.0 Å². The highest BCUT2D eigenvalue weighted by Gasteiger charge is 2.24. The number of aliphatic hydroxyl groups is 1. The zero-order chi connectivity index (χ0) is 33.1. The van der Waals surface area contributed by atoms with Gasteiger partial charge in [0.15, 0.2) is 0 Å². The number of carbonyl (C=O) groups is 2. The lowest BCUT2D eigenvalue weighted by Gasteiger charge is -2.25. The molecule has 8 nitrogen and oxygen atoms in total. The van der Waals surface area contributed by atoms with E-state index in [0.717, 1.165) is 41.3 Å². The van der Waals surface area contributed by atoms with Gasteiger partial charge in [0.05, 0.1) is 17.8 Å². The zero-order valence-electron chi connectivity index (χ0n) is 26.5. The van der Waals surface area contributed by atoms with Crippen LogP contribution >= 0.6 is 0 Å². The lowest BCUT2D eigenvalue weighted by molar-refractivity contribution is 0.0755. The third-order valence-corrected chi connectivity index (χ3v) is 7.51. The maximum absolute atomic E-state index is 14.0. The summed E-state index contributed by atoms with van der Waals surface area (Å²) in [5.41, 5.74) is 4.34. The van der Waals surface area contributed by atoms with Crippen molar-refractivity contribution in [1.29, 1.82) is 0 Å². The van der Waals surface area contributed by atoms with E-state index in [1.165, 1.54) is 18.5 Å². The van der Waals surface area contributed by atoms with Crippen LogP contribution in [0.25, 0.3) is 11.3 Å². The summed E-state index contributed by atoms with van der Waals surface area (Å²) in [6.45, 7) is 7.54. The van der Waals surface area contributed by atoms with Gasteiger partial charge in [-0.25, -0.2) is 18.7 Å². The molecule has 10 heteroatoms. The molecule has 0 saturated heterocycles. The molecule has 3 N–H and O–H groups in total. The van der Waals surface area contributed by atoms with Gasteiger partial charge in [-0.2, -0.15) is 0 Å². The van der Waals surface area contributed by atoms with Crippen LogP contribution in [-0.4, -0.2) is 63.6 Å². The maximum atomic E-state index is 14.0. The van der Waals surface area contributed by atoms with Gasteiger partial charge in [-0.3, -0.25) is 9.59 Å². The van der Waals surface area contributed by atoms with Crippen LogP contribution in [0.5, 0.6) is 0 Å². The molecule has 46 heavy (non-hydrogen) atoms. The third-order valence-electron chi connectivity index (χ3n) is 7.51. The molecule has 0 bridgehead atoms. The molecular weight excluding hydrogens is 588 g/mol. The Morgan fingerprint density at radius 1 is 0.913 bits per heavy atom. The molecule has 3 aromatic carbocycles. The average molecular weight is 630 g/mol. The van der Waals surface area contributed by atoms with E-state index in [2.05, 4.69) is 20.6 Å². The zero-order valence-corrected chi connectivity index (χ0v) is 26.5. The minimum absolute atomic E-state index is 0.0230. The first-order valence-electron chi connectivity index (χ1n) is 15.6. The van der Waals surface area contributed by atoms with Crippen molar-refractivity contribution >= 4 is 11.8 Å². The van der Waals surface area contributed by atoms with Crippen LogP contribution in [0.2, 0.25) is 0 Å². The van der Waals surface area contributed by atoms with Crippen molar-refractivity contribution in [2.75, 3.05) is 19.6 Å². The molecule has 2 atom stereocenters. The van der Waals surface area contributed by atoms with Gasteiger partial charge in [-0.15, -0.1) is 0 Å². The van der Waals surface area contributed by atoms with Gasteiger partial charge in [0, 0.05) is 55.1 Å². The van der Waals surface area contributed by atoms with Crippen molar-refractivity contribution < 1.29 is 23.5 Å². The predicted octanol–water partition coefficient (Wildman–Crippen LogP) is 5.48. The molecule has 0 saturated carbocycles. The van der Waals surface area contributed by atoms with Crippen LogP contribution in [0.4, 0.5) is 8.78 Å². The molecule has 1 heterocycles. The van der Waals surface area contributed by atoms with Crippen LogP contribution in [0.3, 0.4) is 0 Å². The van der Waals surface area contributed by atoms with Crippen LogP contribution in [0.15, 0.2) is 79.3 Å². The van der Waals surface area contributed by atoms with Gasteiger partial charge in [0.2, 0.25) is 0 Å². The van der Waals surface area contributed by atoms with Crippen molar-refractivity contribution in [3.8, 4) is 11.3 Å². The molecule has 4 rings (SSSR count). The Bertz CT molecular complexity index is 1590. The number of aromatic nitrogens is 2. The second-order valence-corrected chi connectivity index (χ2v) is 11.4. The van der Waals surface area contributed by atoms with E-state index in [9.17, 15) is 23.5 Å². The quantitative estimate of drug-likeness (QED) is 0.161. The van der Waals surface area contributed by atoms with E-state index in [4.69, 9.17) is 0 Å². The molecule has 0 aliphatic heterocycles. The van der Waals surface area contributed by atoms with E-state index in [0.29, 0.717) is 25.2 Å². The van der Waals surface area contributed by atoms with E-state index in [1.807, 2.05) is 51.1 Å². The Morgan fingerprint density at radius 3 is 2.30 bits per heavy atom. The maximum Gasteiger partial charge on any atom is 0.253 e. The molecule has 242 valence electrons. The number of benzene rings is 3. The van der Waals surface area contributed by atoms with Gasteiger partial charge in [-0.05, 0) is 85.3 Å². The summed E-state index contributed by atoms with van der Waals surface area (Å²) in [6.07, 6.45) is 3.64. The van der Waals surface area contributed by atoms with Gasteiger partial charge in [0.1, 0.15) is 18.0 Å². The normalized spacial score (nSPS) is 12.4. The fourth-order valence-corrected chi connectivity index (χ4v) is 5.40. The SMILES string of the molecule is CCCN(CCC)C(=O)c1cc(C)cc(C(=O)N[C@@H](Cc2cc(F)cc(F)c2)[C@H](O)CNCc2cccc(-c3ccncn3)c2)c1. The summed E-state index contributed by atoms with van der Waals surface area (Å²) in [6, 6.07) is 16.8. The summed E-state index contributed by atoms with van der Waals surface area (Å²) >= 11 is 0. The highest BCUT2D eigenvalue weighted by Crippen LogP contribution is 2.18. The third kappa shape index (κ3) is 9.73. The smallest absolute Gasteiger partial charge is 0.253 e. The van der Waals surface area contributed by atoms with Crippen molar-refractivity contribution in [2.45, 2.75) is 58.7 Å². The molecule has 4 aromatic rings. The van der Waals surface area contributed by atoms with Crippen molar-refractivity contribution in [3.05, 3.63) is 119 Å². The molecule has 2 amide bonds. The minimum atomic E-state index is -1.11. The van der Waals surface area contributed by atoms with Gasteiger partial charge < -0.3 is 20.6 Å². The number of nitrogens with zero attached hydrogens (tertiary/aromatic N) is 3. The Hall–Kier alpha value is -4.54. The standard InChI is InChI=1S/C36H41F2N5O3/c1-4-11-43(12-5-2)36(46)29-14-24(3)13-28(19-29)35(45)42-33(18-26-16-30(37)20-31(38)17-26)34(44)22-40-21-25-7-6-8-27(15-25)32-9-10-39-23-41-32/h6-10,13-17,19-20,23,33-34,40,44H,4-5,11-12,18,21-22H2,1-3H3,(H,42,45)/t33-,34+/m0/s1. The number of hydrogen-bond acceptors (Lipinski definition) is 6. The molecule has 0 unspecified atom stereocenters.